The molecule has 3 amide bonds. The number of amides is 3. The first kappa shape index (κ1) is 29.5. The number of nitriles is 2. The molecule has 13 heteroatoms. The summed E-state index contributed by atoms with van der Waals surface area (Å²) in [5, 5.41) is 21.5. The van der Waals surface area contributed by atoms with E-state index in [2.05, 4.69) is 10.3 Å². The third-order valence-corrected chi connectivity index (χ3v) is 7.63. The Hall–Kier alpha value is -4.94. The van der Waals surface area contributed by atoms with Crippen molar-refractivity contribution in [2.24, 2.45) is 0 Å². The van der Waals surface area contributed by atoms with Crippen molar-refractivity contribution in [1.82, 2.24) is 10.3 Å². The minimum Gasteiger partial charge on any atom is -0.351 e. The molecule has 0 spiro atoms. The van der Waals surface area contributed by atoms with Crippen molar-refractivity contribution in [3.05, 3.63) is 88.3 Å². The number of pyridine rings is 1. The molecule has 9 nitrogen and oxygen atoms in total. The third kappa shape index (κ3) is 6.01. The number of benzene rings is 2. The van der Waals surface area contributed by atoms with Crippen LogP contribution in [0.25, 0.3) is 0 Å². The highest BCUT2D eigenvalue weighted by atomic mass is 35.5. The lowest BCUT2D eigenvalue weighted by molar-refractivity contribution is -0.133. The van der Waals surface area contributed by atoms with Crippen LogP contribution in [0, 0.1) is 28.5 Å². The maximum atomic E-state index is 14.8. The van der Waals surface area contributed by atoms with Gasteiger partial charge in [-0.2, -0.15) is 10.5 Å². The second-order valence-corrected chi connectivity index (χ2v) is 10.7. The van der Waals surface area contributed by atoms with E-state index in [1.807, 2.05) is 12.1 Å². The number of nitrogens with one attached hydrogen (secondary N) is 1. The molecule has 1 N–H and O–H groups in total. The molecule has 43 heavy (non-hydrogen) atoms. The van der Waals surface area contributed by atoms with Gasteiger partial charge in [0.05, 0.1) is 23.3 Å². The molecule has 2 atom stereocenters. The molecular weight excluding hydrogens is 585 g/mol. The lowest BCUT2D eigenvalue weighted by atomic mass is 9.87. The number of alkyl halides is 2. The first-order chi connectivity index (χ1) is 20.5. The smallest absolute Gasteiger partial charge is 0.252 e. The summed E-state index contributed by atoms with van der Waals surface area (Å²) < 4.78 is 42.1. The third-order valence-electron chi connectivity index (χ3n) is 7.29. The molecule has 1 aliphatic carbocycles. The summed E-state index contributed by atoms with van der Waals surface area (Å²) in [4.78, 5) is 47.7. The van der Waals surface area contributed by atoms with Crippen molar-refractivity contribution < 1.29 is 27.6 Å². The second-order valence-electron chi connectivity index (χ2n) is 10.2. The number of rotatable bonds is 7. The highest BCUT2D eigenvalue weighted by Gasteiger charge is 2.48. The lowest BCUT2D eigenvalue weighted by Gasteiger charge is -2.39. The van der Waals surface area contributed by atoms with Crippen molar-refractivity contribution >= 4 is 40.8 Å². The molecule has 5 rings (SSSR count). The van der Waals surface area contributed by atoms with Crippen LogP contribution in [0.2, 0.25) is 5.02 Å². The molecule has 2 fully saturated rings. The molecule has 0 bridgehead atoms. The highest BCUT2D eigenvalue weighted by Crippen LogP contribution is 2.40. The Bertz CT molecular complexity index is 1700. The standard InChI is InChI=1S/C30H22ClF3N6O3/c31-23-4-2-1-3-22(23)27(28(42)38-20-13-30(33,34)14-20)39(21-10-18(16-36)9-19(32)12-21)29(43)24-5-6-26(41)40(24)25-11-17(15-35)7-8-37-25/h1-4,7-12,20,24,27H,5-6,13-14H2,(H,38,42)/t24-,27?/m0/s1. The molecular formula is C30H22ClF3N6O3. The zero-order valence-electron chi connectivity index (χ0n) is 22.3. The highest BCUT2D eigenvalue weighted by molar-refractivity contribution is 6.31. The SMILES string of the molecule is N#Cc1cc(F)cc(N(C(=O)[C@@H]2CCC(=O)N2c2cc(C#N)ccn2)C(C(=O)NC2CC(F)(F)C2)c2ccccc2Cl)c1. The van der Waals surface area contributed by atoms with E-state index >= 15 is 0 Å². The molecule has 3 aromatic rings. The fourth-order valence-electron chi connectivity index (χ4n) is 5.30. The van der Waals surface area contributed by atoms with E-state index < -0.39 is 60.4 Å². The summed E-state index contributed by atoms with van der Waals surface area (Å²) in [6, 6.07) is 11.9. The van der Waals surface area contributed by atoms with Crippen LogP contribution in [-0.4, -0.2) is 40.7 Å². The van der Waals surface area contributed by atoms with E-state index in [-0.39, 0.29) is 46.1 Å². The van der Waals surface area contributed by atoms with E-state index in [0.717, 1.165) is 21.9 Å². The van der Waals surface area contributed by atoms with Crippen LogP contribution in [0.3, 0.4) is 0 Å². The Kier molecular flexibility index (Phi) is 8.07. The lowest BCUT2D eigenvalue weighted by Crippen LogP contribution is -2.56. The number of carbonyl (C=O) groups excluding carboxylic acids is 3. The van der Waals surface area contributed by atoms with Gasteiger partial charge in [-0.25, -0.2) is 18.2 Å². The summed E-state index contributed by atoms with van der Waals surface area (Å²) >= 11 is 6.49. The summed E-state index contributed by atoms with van der Waals surface area (Å²) in [6.07, 6.45) is 0.00564. The van der Waals surface area contributed by atoms with Crippen molar-refractivity contribution in [1.29, 1.82) is 10.5 Å². The molecule has 1 unspecified atom stereocenters. The average Bonchev–Trinajstić information content (AvgIpc) is 3.35. The Morgan fingerprint density at radius 2 is 1.81 bits per heavy atom. The fourth-order valence-corrected chi connectivity index (χ4v) is 5.54. The van der Waals surface area contributed by atoms with Gasteiger partial charge in [-0.15, -0.1) is 0 Å². The Labute approximate surface area is 249 Å². The first-order valence-corrected chi connectivity index (χ1v) is 13.5. The van der Waals surface area contributed by atoms with Gasteiger partial charge in [-0.1, -0.05) is 29.8 Å². The Morgan fingerprint density at radius 3 is 2.49 bits per heavy atom. The predicted molar refractivity (Wildman–Crippen MR) is 148 cm³/mol. The summed E-state index contributed by atoms with van der Waals surface area (Å²) in [6.45, 7) is 0. The van der Waals surface area contributed by atoms with E-state index in [0.29, 0.717) is 0 Å². The number of nitrogens with zero attached hydrogens (tertiary/aromatic N) is 5. The number of halogens is 4. The Balaban J connectivity index is 1.65. The van der Waals surface area contributed by atoms with Gasteiger partial charge >= 0.3 is 0 Å². The molecule has 1 aliphatic heterocycles. The first-order valence-electron chi connectivity index (χ1n) is 13.2. The molecule has 218 valence electrons. The summed E-state index contributed by atoms with van der Waals surface area (Å²) in [7, 11) is 0. The van der Waals surface area contributed by atoms with E-state index in [4.69, 9.17) is 11.6 Å². The van der Waals surface area contributed by atoms with Crippen molar-refractivity contribution in [3.63, 3.8) is 0 Å². The van der Waals surface area contributed by atoms with Gasteiger partial charge in [0, 0.05) is 47.8 Å². The molecule has 2 heterocycles. The topological polar surface area (TPSA) is 130 Å². The maximum Gasteiger partial charge on any atom is 0.252 e. The minimum absolute atomic E-state index is 0.0151. The van der Waals surface area contributed by atoms with Crippen LogP contribution in [0.15, 0.2) is 60.8 Å². The van der Waals surface area contributed by atoms with Gasteiger partial charge in [-0.3, -0.25) is 24.2 Å². The monoisotopic (exact) mass is 606 g/mol. The van der Waals surface area contributed by atoms with Crippen molar-refractivity contribution in [2.45, 2.75) is 49.7 Å². The molecule has 2 aromatic carbocycles. The number of carbonyl (C=O) groups is 3. The zero-order chi connectivity index (χ0) is 30.9. The largest absolute Gasteiger partial charge is 0.351 e. The van der Waals surface area contributed by atoms with Crippen LogP contribution < -0.4 is 15.1 Å². The number of hydrogen-bond donors (Lipinski definition) is 1. The van der Waals surface area contributed by atoms with E-state index in [9.17, 15) is 38.1 Å². The van der Waals surface area contributed by atoms with Crippen LogP contribution in [0.5, 0.6) is 0 Å². The zero-order valence-corrected chi connectivity index (χ0v) is 23.1. The number of hydrogen-bond acceptors (Lipinski definition) is 6. The molecule has 2 aliphatic rings. The molecule has 1 saturated heterocycles. The second kappa shape index (κ2) is 11.7. The van der Waals surface area contributed by atoms with Crippen LogP contribution in [0.4, 0.5) is 24.7 Å². The molecule has 0 radical (unpaired) electrons. The molecule has 1 aromatic heterocycles. The van der Waals surface area contributed by atoms with Gasteiger partial charge < -0.3 is 5.32 Å². The van der Waals surface area contributed by atoms with Gasteiger partial charge in [0.25, 0.3) is 11.8 Å². The van der Waals surface area contributed by atoms with Gasteiger partial charge in [0.1, 0.15) is 23.7 Å². The fraction of sp³-hybridized carbons (Fsp3) is 0.267. The van der Waals surface area contributed by atoms with Crippen LogP contribution in [0.1, 0.15) is 48.4 Å². The van der Waals surface area contributed by atoms with E-state index in [1.165, 1.54) is 36.5 Å². The normalized spacial score (nSPS) is 18.2. The Morgan fingerprint density at radius 1 is 1.09 bits per heavy atom. The predicted octanol–water partition coefficient (Wildman–Crippen LogP) is 4.80. The quantitative estimate of drug-likeness (QED) is 0.411. The minimum atomic E-state index is -2.95. The van der Waals surface area contributed by atoms with Gasteiger partial charge in [0.2, 0.25) is 11.8 Å². The van der Waals surface area contributed by atoms with Gasteiger partial charge in [0.15, 0.2) is 0 Å². The molecule has 1 saturated carbocycles. The van der Waals surface area contributed by atoms with Crippen molar-refractivity contribution in [2.75, 3.05) is 9.80 Å². The van der Waals surface area contributed by atoms with Crippen LogP contribution in [-0.2, 0) is 14.4 Å². The summed E-state index contributed by atoms with van der Waals surface area (Å²) in [5.74, 6) is -6.01. The van der Waals surface area contributed by atoms with Gasteiger partial charge in [-0.05, 0) is 42.8 Å². The van der Waals surface area contributed by atoms with Crippen molar-refractivity contribution in [3.8, 4) is 12.1 Å². The van der Waals surface area contributed by atoms with Crippen LogP contribution >= 0.6 is 11.6 Å². The van der Waals surface area contributed by atoms with E-state index in [1.54, 1.807) is 12.1 Å². The number of anilines is 2. The average molecular weight is 607 g/mol. The number of aromatic nitrogens is 1. The maximum absolute atomic E-state index is 14.8. The summed E-state index contributed by atoms with van der Waals surface area (Å²) in [5.41, 5.74) is -0.0717.